The number of nitrogens with zero attached hydrogens (tertiary/aromatic N) is 2. The van der Waals surface area contributed by atoms with Crippen molar-refractivity contribution in [3.05, 3.63) is 24.0 Å². The van der Waals surface area contributed by atoms with Crippen LogP contribution in [0.1, 0.15) is 25.5 Å². The first-order valence-corrected chi connectivity index (χ1v) is 5.71. The molecule has 1 unspecified atom stereocenters. The zero-order valence-electron chi connectivity index (χ0n) is 9.32. The van der Waals surface area contributed by atoms with E-state index in [1.807, 2.05) is 13.1 Å². The lowest BCUT2D eigenvalue weighted by Crippen LogP contribution is -2.20. The molecule has 3 heteroatoms. The van der Waals surface area contributed by atoms with E-state index >= 15 is 0 Å². The van der Waals surface area contributed by atoms with Gasteiger partial charge in [0.2, 0.25) is 0 Å². The summed E-state index contributed by atoms with van der Waals surface area (Å²) in [4.78, 5) is 6.83. The predicted molar refractivity (Wildman–Crippen MR) is 63.0 cm³/mol. The number of pyridine rings is 1. The van der Waals surface area contributed by atoms with Crippen LogP contribution in [0.3, 0.4) is 0 Å². The third kappa shape index (κ3) is 2.69. The Morgan fingerprint density at radius 3 is 2.67 bits per heavy atom. The van der Waals surface area contributed by atoms with Crippen molar-refractivity contribution < 1.29 is 0 Å². The molecule has 0 spiro atoms. The van der Waals surface area contributed by atoms with Crippen LogP contribution in [-0.2, 0) is 6.42 Å². The Kier molecular flexibility index (Phi) is 3.21. The second-order valence-corrected chi connectivity index (χ2v) is 4.38. The molecule has 0 saturated carbocycles. The monoisotopic (exact) mass is 205 g/mol. The van der Waals surface area contributed by atoms with Crippen molar-refractivity contribution in [2.24, 2.45) is 5.73 Å². The molecule has 1 fully saturated rings. The summed E-state index contributed by atoms with van der Waals surface area (Å²) < 4.78 is 0. The first-order chi connectivity index (χ1) is 7.25. The Hall–Kier alpha value is -1.09. The Morgan fingerprint density at radius 1 is 1.40 bits per heavy atom. The molecule has 0 bridgehead atoms. The van der Waals surface area contributed by atoms with Gasteiger partial charge in [-0.1, -0.05) is 0 Å². The van der Waals surface area contributed by atoms with Gasteiger partial charge in [-0.25, -0.2) is 0 Å². The van der Waals surface area contributed by atoms with Crippen molar-refractivity contribution in [1.29, 1.82) is 0 Å². The summed E-state index contributed by atoms with van der Waals surface area (Å²) in [5, 5.41) is 0. The number of aromatic nitrogens is 1. The Labute approximate surface area is 91.3 Å². The number of nitrogens with two attached hydrogens (primary N) is 1. The molecule has 3 nitrogen and oxygen atoms in total. The molecule has 1 aromatic rings. The zero-order valence-corrected chi connectivity index (χ0v) is 9.32. The van der Waals surface area contributed by atoms with Gasteiger partial charge in [-0.05, 0) is 31.9 Å². The highest BCUT2D eigenvalue weighted by atomic mass is 15.1. The summed E-state index contributed by atoms with van der Waals surface area (Å²) in [6.45, 7) is 4.36. The average molecular weight is 205 g/mol. The van der Waals surface area contributed by atoms with Crippen molar-refractivity contribution in [2.45, 2.75) is 32.2 Å². The first-order valence-electron chi connectivity index (χ1n) is 5.71. The van der Waals surface area contributed by atoms with Gasteiger partial charge in [0.05, 0.1) is 11.9 Å². The van der Waals surface area contributed by atoms with E-state index in [-0.39, 0.29) is 6.04 Å². The van der Waals surface area contributed by atoms with Gasteiger partial charge in [0.1, 0.15) is 0 Å². The summed E-state index contributed by atoms with van der Waals surface area (Å²) in [5.74, 6) is 0. The van der Waals surface area contributed by atoms with Gasteiger partial charge in [0.25, 0.3) is 0 Å². The van der Waals surface area contributed by atoms with E-state index in [1.165, 1.54) is 31.6 Å². The Bertz CT molecular complexity index is 299. The third-order valence-corrected chi connectivity index (χ3v) is 2.81. The summed E-state index contributed by atoms with van der Waals surface area (Å²) in [5.41, 5.74) is 8.08. The molecule has 1 aliphatic heterocycles. The lowest BCUT2D eigenvalue weighted by Gasteiger charge is -2.17. The molecule has 82 valence electrons. The van der Waals surface area contributed by atoms with E-state index < -0.39 is 0 Å². The van der Waals surface area contributed by atoms with Crippen molar-refractivity contribution >= 4 is 5.69 Å². The lowest BCUT2D eigenvalue weighted by molar-refractivity contribution is 0.722. The van der Waals surface area contributed by atoms with Crippen molar-refractivity contribution in [2.75, 3.05) is 18.0 Å². The second-order valence-electron chi connectivity index (χ2n) is 4.38. The maximum Gasteiger partial charge on any atom is 0.0552 e. The van der Waals surface area contributed by atoms with Crippen molar-refractivity contribution in [3.63, 3.8) is 0 Å². The highest BCUT2D eigenvalue weighted by Crippen LogP contribution is 2.19. The number of hydrogen-bond acceptors (Lipinski definition) is 3. The van der Waals surface area contributed by atoms with Gasteiger partial charge >= 0.3 is 0 Å². The molecule has 1 aromatic heterocycles. The molecule has 1 saturated heterocycles. The van der Waals surface area contributed by atoms with E-state index in [1.54, 1.807) is 0 Å². The summed E-state index contributed by atoms with van der Waals surface area (Å²) in [6, 6.07) is 4.45. The highest BCUT2D eigenvalue weighted by Gasteiger charge is 2.12. The predicted octanol–water partition coefficient (Wildman–Crippen LogP) is 1.57. The van der Waals surface area contributed by atoms with Crippen molar-refractivity contribution in [1.82, 2.24) is 4.98 Å². The zero-order chi connectivity index (χ0) is 10.7. The molecule has 2 N–H and O–H groups in total. The summed E-state index contributed by atoms with van der Waals surface area (Å²) >= 11 is 0. The van der Waals surface area contributed by atoms with Gasteiger partial charge in [0.15, 0.2) is 0 Å². The van der Waals surface area contributed by atoms with Crippen LogP contribution in [0.25, 0.3) is 0 Å². The molecular formula is C12H19N3. The molecule has 0 aliphatic carbocycles. The number of anilines is 1. The van der Waals surface area contributed by atoms with Crippen LogP contribution >= 0.6 is 0 Å². The Balaban J connectivity index is 2.03. The maximum absolute atomic E-state index is 5.73. The fourth-order valence-electron chi connectivity index (χ4n) is 2.03. The molecule has 0 amide bonds. The SMILES string of the molecule is CC(N)Cc1ccc(N2CCCC2)cn1. The molecule has 1 aliphatic rings. The van der Waals surface area contributed by atoms with Gasteiger partial charge in [-0.2, -0.15) is 0 Å². The molecule has 1 atom stereocenters. The van der Waals surface area contributed by atoms with Gasteiger partial charge < -0.3 is 10.6 Å². The summed E-state index contributed by atoms with van der Waals surface area (Å²) in [7, 11) is 0. The Morgan fingerprint density at radius 2 is 2.13 bits per heavy atom. The van der Waals surface area contributed by atoms with Crippen LogP contribution in [-0.4, -0.2) is 24.1 Å². The van der Waals surface area contributed by atoms with Crippen LogP contribution in [0.4, 0.5) is 5.69 Å². The summed E-state index contributed by atoms with van der Waals surface area (Å²) in [6.07, 6.45) is 5.45. The van der Waals surface area contributed by atoms with E-state index in [9.17, 15) is 0 Å². The highest BCUT2D eigenvalue weighted by molar-refractivity contribution is 5.45. The molecular weight excluding hydrogens is 186 g/mol. The standard InChI is InChI=1S/C12H19N3/c1-10(13)8-11-4-5-12(9-14-11)15-6-2-3-7-15/h4-5,9-10H,2-3,6-8,13H2,1H3. The van der Waals surface area contributed by atoms with Crippen molar-refractivity contribution in [3.8, 4) is 0 Å². The quantitative estimate of drug-likeness (QED) is 0.814. The van der Waals surface area contributed by atoms with Gasteiger partial charge in [0, 0.05) is 31.2 Å². The lowest BCUT2D eigenvalue weighted by atomic mass is 10.2. The smallest absolute Gasteiger partial charge is 0.0552 e. The average Bonchev–Trinajstić information content (AvgIpc) is 2.71. The molecule has 2 heterocycles. The molecule has 0 radical (unpaired) electrons. The topological polar surface area (TPSA) is 42.1 Å². The fraction of sp³-hybridized carbons (Fsp3) is 0.583. The van der Waals surface area contributed by atoms with Gasteiger partial charge in [-0.15, -0.1) is 0 Å². The minimum absolute atomic E-state index is 0.190. The maximum atomic E-state index is 5.73. The van der Waals surface area contributed by atoms with E-state index in [0.29, 0.717) is 0 Å². The number of rotatable bonds is 3. The minimum Gasteiger partial charge on any atom is -0.370 e. The van der Waals surface area contributed by atoms with Crippen LogP contribution in [0.15, 0.2) is 18.3 Å². The van der Waals surface area contributed by atoms with Crippen LogP contribution in [0.5, 0.6) is 0 Å². The van der Waals surface area contributed by atoms with Crippen LogP contribution < -0.4 is 10.6 Å². The van der Waals surface area contributed by atoms with Gasteiger partial charge in [-0.3, -0.25) is 4.98 Å². The largest absolute Gasteiger partial charge is 0.370 e. The first kappa shape index (κ1) is 10.4. The molecule has 0 aromatic carbocycles. The number of hydrogen-bond donors (Lipinski definition) is 1. The third-order valence-electron chi connectivity index (χ3n) is 2.81. The fourth-order valence-corrected chi connectivity index (χ4v) is 2.03. The normalized spacial score (nSPS) is 18.1. The van der Waals surface area contributed by atoms with Crippen LogP contribution in [0, 0.1) is 0 Å². The van der Waals surface area contributed by atoms with E-state index in [0.717, 1.165) is 12.1 Å². The van der Waals surface area contributed by atoms with E-state index in [4.69, 9.17) is 5.73 Å². The second kappa shape index (κ2) is 4.62. The van der Waals surface area contributed by atoms with E-state index in [2.05, 4.69) is 22.0 Å². The minimum atomic E-state index is 0.190. The molecule has 15 heavy (non-hydrogen) atoms. The molecule has 2 rings (SSSR count). The van der Waals surface area contributed by atoms with Crippen LogP contribution in [0.2, 0.25) is 0 Å².